The van der Waals surface area contributed by atoms with Crippen molar-refractivity contribution >= 4 is 56.4 Å². The van der Waals surface area contributed by atoms with Gasteiger partial charge in [0.05, 0.1) is 10.4 Å². The molecule has 0 atom stereocenters. The number of nitrogens with one attached hydrogen (secondary N) is 1. The zero-order chi connectivity index (χ0) is 13.4. The van der Waals surface area contributed by atoms with Crippen LogP contribution in [-0.2, 0) is 0 Å². The third-order valence-electron chi connectivity index (χ3n) is 2.46. The SMILES string of the molecule is Cc1cc2c(Nc3ccc(Cl)cn3)nc(Cl)nc2s1. The van der Waals surface area contributed by atoms with Crippen LogP contribution < -0.4 is 5.32 Å². The molecule has 96 valence electrons. The van der Waals surface area contributed by atoms with E-state index in [-0.39, 0.29) is 5.28 Å². The maximum atomic E-state index is 5.93. The van der Waals surface area contributed by atoms with Crippen LogP contribution in [0.3, 0.4) is 0 Å². The Bertz CT molecular complexity index is 739. The summed E-state index contributed by atoms with van der Waals surface area (Å²) >= 11 is 13.3. The van der Waals surface area contributed by atoms with E-state index < -0.39 is 0 Å². The normalized spacial score (nSPS) is 10.9. The molecule has 0 saturated heterocycles. The summed E-state index contributed by atoms with van der Waals surface area (Å²) < 4.78 is 0. The minimum atomic E-state index is 0.214. The fraction of sp³-hybridized carbons (Fsp3) is 0.0833. The second-order valence-corrected chi connectivity index (χ2v) is 5.91. The monoisotopic (exact) mass is 310 g/mol. The number of hydrogen-bond donors (Lipinski definition) is 1. The van der Waals surface area contributed by atoms with Crippen LogP contribution in [0.15, 0.2) is 24.4 Å². The molecule has 0 aliphatic heterocycles. The van der Waals surface area contributed by atoms with E-state index in [0.29, 0.717) is 16.7 Å². The van der Waals surface area contributed by atoms with Crippen LogP contribution in [0.4, 0.5) is 11.6 Å². The van der Waals surface area contributed by atoms with E-state index >= 15 is 0 Å². The standard InChI is InChI=1S/C12H8Cl2N4S/c1-6-4-8-10(17-12(14)18-11(8)19-6)16-9-3-2-7(13)5-15-9/h2-5H,1H3,(H,15,16,17,18). The van der Waals surface area contributed by atoms with Gasteiger partial charge in [-0.05, 0) is 36.7 Å². The number of aromatic nitrogens is 3. The summed E-state index contributed by atoms with van der Waals surface area (Å²) in [6.07, 6.45) is 1.57. The maximum Gasteiger partial charge on any atom is 0.225 e. The molecular formula is C12H8Cl2N4S. The highest BCUT2D eigenvalue weighted by molar-refractivity contribution is 7.18. The van der Waals surface area contributed by atoms with Gasteiger partial charge in [0, 0.05) is 11.1 Å². The first kappa shape index (κ1) is 12.6. The quantitative estimate of drug-likeness (QED) is 0.711. The van der Waals surface area contributed by atoms with E-state index in [4.69, 9.17) is 23.2 Å². The third kappa shape index (κ3) is 2.63. The van der Waals surface area contributed by atoms with Crippen LogP contribution >= 0.6 is 34.5 Å². The van der Waals surface area contributed by atoms with Gasteiger partial charge in [0.25, 0.3) is 0 Å². The topological polar surface area (TPSA) is 50.7 Å². The average Bonchev–Trinajstić information content (AvgIpc) is 2.72. The highest BCUT2D eigenvalue weighted by atomic mass is 35.5. The Hall–Kier alpha value is -1.43. The van der Waals surface area contributed by atoms with Crippen molar-refractivity contribution in [1.82, 2.24) is 15.0 Å². The molecule has 0 spiro atoms. The molecule has 7 heteroatoms. The first-order chi connectivity index (χ1) is 9.11. The van der Waals surface area contributed by atoms with Gasteiger partial charge in [-0.3, -0.25) is 0 Å². The van der Waals surface area contributed by atoms with E-state index in [0.717, 1.165) is 15.1 Å². The van der Waals surface area contributed by atoms with E-state index in [9.17, 15) is 0 Å². The molecule has 0 bridgehead atoms. The van der Waals surface area contributed by atoms with E-state index in [1.165, 1.54) is 0 Å². The van der Waals surface area contributed by atoms with Gasteiger partial charge in [0.2, 0.25) is 5.28 Å². The molecule has 0 aliphatic rings. The summed E-state index contributed by atoms with van der Waals surface area (Å²) in [7, 11) is 0. The number of hydrogen-bond acceptors (Lipinski definition) is 5. The van der Waals surface area contributed by atoms with Crippen molar-refractivity contribution in [1.29, 1.82) is 0 Å². The molecule has 0 saturated carbocycles. The van der Waals surface area contributed by atoms with E-state index in [1.807, 2.05) is 13.0 Å². The van der Waals surface area contributed by atoms with Crippen molar-refractivity contribution in [2.75, 3.05) is 5.32 Å². The molecule has 0 fully saturated rings. The smallest absolute Gasteiger partial charge is 0.225 e. The Morgan fingerprint density at radius 2 is 2.05 bits per heavy atom. The Morgan fingerprint density at radius 3 is 2.79 bits per heavy atom. The molecule has 4 nitrogen and oxygen atoms in total. The van der Waals surface area contributed by atoms with Crippen LogP contribution in [-0.4, -0.2) is 15.0 Å². The van der Waals surface area contributed by atoms with Gasteiger partial charge in [0.1, 0.15) is 16.5 Å². The first-order valence-corrected chi connectivity index (χ1v) is 7.01. The lowest BCUT2D eigenvalue weighted by Gasteiger charge is -2.06. The molecule has 3 rings (SSSR count). The molecule has 3 heterocycles. The highest BCUT2D eigenvalue weighted by Gasteiger charge is 2.10. The van der Waals surface area contributed by atoms with Crippen molar-refractivity contribution < 1.29 is 0 Å². The van der Waals surface area contributed by atoms with E-state index in [1.54, 1.807) is 29.7 Å². The van der Waals surface area contributed by atoms with Crippen molar-refractivity contribution in [2.24, 2.45) is 0 Å². The zero-order valence-electron chi connectivity index (χ0n) is 9.82. The number of rotatable bonds is 2. The fourth-order valence-electron chi connectivity index (χ4n) is 1.68. The van der Waals surface area contributed by atoms with Crippen molar-refractivity contribution in [3.8, 4) is 0 Å². The lowest BCUT2D eigenvalue weighted by atomic mass is 10.3. The highest BCUT2D eigenvalue weighted by Crippen LogP contribution is 2.30. The Balaban J connectivity index is 2.06. The molecule has 3 aromatic heterocycles. The van der Waals surface area contributed by atoms with E-state index in [2.05, 4.69) is 20.3 Å². The number of anilines is 2. The summed E-state index contributed by atoms with van der Waals surface area (Å²) in [6.45, 7) is 2.02. The summed E-state index contributed by atoms with van der Waals surface area (Å²) in [5, 5.41) is 4.86. The van der Waals surface area contributed by atoms with Crippen LogP contribution in [0, 0.1) is 6.92 Å². The predicted molar refractivity (Wildman–Crippen MR) is 79.7 cm³/mol. The molecule has 0 aliphatic carbocycles. The molecule has 0 radical (unpaired) electrons. The fourth-order valence-corrected chi connectivity index (χ4v) is 2.89. The second-order valence-electron chi connectivity index (χ2n) is 3.90. The van der Waals surface area contributed by atoms with Gasteiger partial charge >= 0.3 is 0 Å². The van der Waals surface area contributed by atoms with Gasteiger partial charge in [-0.1, -0.05) is 11.6 Å². The average molecular weight is 311 g/mol. The van der Waals surface area contributed by atoms with Crippen LogP contribution in [0.1, 0.15) is 4.88 Å². The minimum Gasteiger partial charge on any atom is -0.324 e. The Morgan fingerprint density at radius 1 is 1.21 bits per heavy atom. The van der Waals surface area contributed by atoms with Crippen molar-refractivity contribution in [3.05, 3.63) is 39.6 Å². The van der Waals surface area contributed by atoms with Gasteiger partial charge in [-0.2, -0.15) is 4.98 Å². The number of aryl methyl sites for hydroxylation is 1. The molecule has 0 aromatic carbocycles. The molecule has 0 unspecified atom stereocenters. The number of halogens is 2. The first-order valence-electron chi connectivity index (χ1n) is 5.44. The van der Waals surface area contributed by atoms with Crippen LogP contribution in [0.5, 0.6) is 0 Å². The molecule has 0 amide bonds. The van der Waals surface area contributed by atoms with Gasteiger partial charge < -0.3 is 5.32 Å². The molecule has 19 heavy (non-hydrogen) atoms. The zero-order valence-corrected chi connectivity index (χ0v) is 12.1. The number of nitrogens with zero attached hydrogens (tertiary/aromatic N) is 3. The minimum absolute atomic E-state index is 0.214. The lowest BCUT2D eigenvalue weighted by molar-refractivity contribution is 1.21. The Labute approximate surface area is 123 Å². The number of thiophene rings is 1. The number of pyridine rings is 1. The third-order valence-corrected chi connectivity index (χ3v) is 3.80. The molecule has 1 N–H and O–H groups in total. The van der Waals surface area contributed by atoms with Crippen LogP contribution in [0.2, 0.25) is 10.3 Å². The maximum absolute atomic E-state index is 5.93. The number of fused-ring (bicyclic) bond motifs is 1. The van der Waals surface area contributed by atoms with Gasteiger partial charge in [-0.15, -0.1) is 11.3 Å². The summed E-state index contributed by atoms with van der Waals surface area (Å²) in [5.74, 6) is 1.30. The summed E-state index contributed by atoms with van der Waals surface area (Å²) in [5.41, 5.74) is 0. The largest absolute Gasteiger partial charge is 0.324 e. The second kappa shape index (κ2) is 4.92. The van der Waals surface area contributed by atoms with Gasteiger partial charge in [-0.25, -0.2) is 9.97 Å². The van der Waals surface area contributed by atoms with Crippen LogP contribution in [0.25, 0.3) is 10.2 Å². The predicted octanol–water partition coefficient (Wildman–Crippen LogP) is 4.45. The molecular weight excluding hydrogens is 303 g/mol. The van der Waals surface area contributed by atoms with Crippen molar-refractivity contribution in [2.45, 2.75) is 6.92 Å². The van der Waals surface area contributed by atoms with Crippen molar-refractivity contribution in [3.63, 3.8) is 0 Å². The molecule has 3 aromatic rings. The lowest BCUT2D eigenvalue weighted by Crippen LogP contribution is -1.97. The summed E-state index contributed by atoms with van der Waals surface area (Å²) in [4.78, 5) is 14.6. The Kier molecular flexibility index (Phi) is 3.26. The van der Waals surface area contributed by atoms with Gasteiger partial charge in [0.15, 0.2) is 0 Å². The summed E-state index contributed by atoms with van der Waals surface area (Å²) in [6, 6.07) is 5.56.